The van der Waals surface area contributed by atoms with Crippen molar-refractivity contribution in [2.75, 3.05) is 16.8 Å². The van der Waals surface area contributed by atoms with Gasteiger partial charge in [0.2, 0.25) is 0 Å². The first-order chi connectivity index (χ1) is 8.08. The minimum atomic E-state index is -0.265. The van der Waals surface area contributed by atoms with E-state index in [1.165, 1.54) is 6.07 Å². The number of benzene rings is 1. The van der Waals surface area contributed by atoms with Gasteiger partial charge in [-0.15, -0.1) is 0 Å². The van der Waals surface area contributed by atoms with Crippen LogP contribution >= 0.6 is 0 Å². The number of pyridine rings is 1. The summed E-state index contributed by atoms with van der Waals surface area (Å²) >= 11 is 0. The van der Waals surface area contributed by atoms with E-state index in [9.17, 15) is 4.39 Å². The van der Waals surface area contributed by atoms with Crippen LogP contribution in [0.3, 0.4) is 0 Å². The molecular weight excluding hydrogens is 219 g/mol. The third-order valence-electron chi connectivity index (χ3n) is 2.49. The SMILES string of the molecule is Cc1c(F)cccc1Nc1ccc(N)c(N)n1. The lowest BCUT2D eigenvalue weighted by molar-refractivity contribution is 0.619. The summed E-state index contributed by atoms with van der Waals surface area (Å²) in [5.74, 6) is 0.521. The van der Waals surface area contributed by atoms with Crippen molar-refractivity contribution in [2.24, 2.45) is 0 Å². The lowest BCUT2D eigenvalue weighted by Crippen LogP contribution is -2.02. The number of nitrogens with one attached hydrogen (secondary N) is 1. The van der Waals surface area contributed by atoms with E-state index in [0.717, 1.165) is 0 Å². The molecule has 0 aliphatic rings. The molecule has 1 aromatic heterocycles. The summed E-state index contributed by atoms with van der Waals surface area (Å²) in [7, 11) is 0. The number of halogens is 1. The Morgan fingerprint density at radius 1 is 1.18 bits per heavy atom. The van der Waals surface area contributed by atoms with Crippen molar-refractivity contribution >= 4 is 23.0 Å². The maximum absolute atomic E-state index is 13.3. The Hall–Kier alpha value is -2.30. The van der Waals surface area contributed by atoms with Crippen molar-refractivity contribution in [2.45, 2.75) is 6.92 Å². The number of hydrogen-bond acceptors (Lipinski definition) is 4. The molecule has 5 N–H and O–H groups in total. The van der Waals surface area contributed by atoms with Gasteiger partial charge in [0.15, 0.2) is 0 Å². The number of nitrogen functional groups attached to an aromatic ring is 2. The fourth-order valence-electron chi connectivity index (χ4n) is 1.44. The zero-order valence-corrected chi connectivity index (χ0v) is 9.37. The third kappa shape index (κ3) is 2.28. The number of nitrogens with zero attached hydrogens (tertiary/aromatic N) is 1. The topological polar surface area (TPSA) is 77.0 Å². The highest BCUT2D eigenvalue weighted by atomic mass is 19.1. The van der Waals surface area contributed by atoms with Gasteiger partial charge in [-0.25, -0.2) is 9.37 Å². The van der Waals surface area contributed by atoms with Crippen LogP contribution in [0.15, 0.2) is 30.3 Å². The Labute approximate surface area is 98.5 Å². The van der Waals surface area contributed by atoms with Gasteiger partial charge in [-0.1, -0.05) is 6.07 Å². The van der Waals surface area contributed by atoms with Gasteiger partial charge in [0.1, 0.15) is 17.5 Å². The van der Waals surface area contributed by atoms with Gasteiger partial charge < -0.3 is 16.8 Å². The molecule has 2 rings (SSSR count). The second-order valence-electron chi connectivity index (χ2n) is 3.71. The normalized spacial score (nSPS) is 10.2. The zero-order valence-electron chi connectivity index (χ0n) is 9.37. The fraction of sp³-hybridized carbons (Fsp3) is 0.0833. The molecule has 0 aliphatic carbocycles. The Morgan fingerprint density at radius 3 is 2.65 bits per heavy atom. The van der Waals surface area contributed by atoms with E-state index >= 15 is 0 Å². The summed E-state index contributed by atoms with van der Waals surface area (Å²) < 4.78 is 13.3. The lowest BCUT2D eigenvalue weighted by atomic mass is 10.2. The van der Waals surface area contributed by atoms with E-state index in [-0.39, 0.29) is 11.6 Å². The molecule has 1 heterocycles. The molecule has 17 heavy (non-hydrogen) atoms. The van der Waals surface area contributed by atoms with Crippen LogP contribution in [0.5, 0.6) is 0 Å². The fourth-order valence-corrected chi connectivity index (χ4v) is 1.44. The molecule has 88 valence electrons. The van der Waals surface area contributed by atoms with Gasteiger partial charge in [0.25, 0.3) is 0 Å². The molecule has 0 bridgehead atoms. The summed E-state index contributed by atoms with van der Waals surface area (Å²) in [6, 6.07) is 8.15. The summed E-state index contributed by atoms with van der Waals surface area (Å²) in [4.78, 5) is 4.06. The Morgan fingerprint density at radius 2 is 1.94 bits per heavy atom. The van der Waals surface area contributed by atoms with Gasteiger partial charge in [0, 0.05) is 11.3 Å². The zero-order chi connectivity index (χ0) is 12.4. The third-order valence-corrected chi connectivity index (χ3v) is 2.49. The van der Waals surface area contributed by atoms with E-state index in [2.05, 4.69) is 10.3 Å². The predicted molar refractivity (Wildman–Crippen MR) is 67.5 cm³/mol. The van der Waals surface area contributed by atoms with Crippen LogP contribution in [0.1, 0.15) is 5.56 Å². The van der Waals surface area contributed by atoms with Crippen LogP contribution in [0, 0.1) is 12.7 Å². The van der Waals surface area contributed by atoms with E-state index in [1.807, 2.05) is 0 Å². The maximum atomic E-state index is 13.3. The van der Waals surface area contributed by atoms with Crippen LogP contribution in [0.2, 0.25) is 0 Å². The average Bonchev–Trinajstić information content (AvgIpc) is 2.30. The van der Waals surface area contributed by atoms with Crippen molar-refractivity contribution < 1.29 is 4.39 Å². The van der Waals surface area contributed by atoms with Crippen molar-refractivity contribution in [1.82, 2.24) is 4.98 Å². The molecular formula is C12H13FN4. The van der Waals surface area contributed by atoms with E-state index in [0.29, 0.717) is 22.8 Å². The molecule has 4 nitrogen and oxygen atoms in total. The molecule has 0 unspecified atom stereocenters. The Kier molecular flexibility index (Phi) is 2.82. The van der Waals surface area contributed by atoms with Gasteiger partial charge in [0.05, 0.1) is 5.69 Å². The Bertz CT molecular complexity index is 554. The minimum Gasteiger partial charge on any atom is -0.396 e. The van der Waals surface area contributed by atoms with Crippen molar-refractivity contribution in [3.8, 4) is 0 Å². The summed E-state index contributed by atoms with van der Waals surface area (Å²) in [6.07, 6.45) is 0. The highest BCUT2D eigenvalue weighted by Gasteiger charge is 2.05. The predicted octanol–water partition coefficient (Wildman–Crippen LogP) is 2.44. The molecule has 0 spiro atoms. The quantitative estimate of drug-likeness (QED) is 0.743. The lowest BCUT2D eigenvalue weighted by Gasteiger charge is -2.10. The number of hydrogen-bond donors (Lipinski definition) is 3. The van der Waals surface area contributed by atoms with Crippen molar-refractivity contribution in [3.63, 3.8) is 0 Å². The first-order valence-corrected chi connectivity index (χ1v) is 5.12. The highest BCUT2D eigenvalue weighted by molar-refractivity contribution is 5.66. The van der Waals surface area contributed by atoms with Crippen LogP contribution in [-0.2, 0) is 0 Å². The number of rotatable bonds is 2. The molecule has 2 aromatic rings. The number of nitrogens with two attached hydrogens (primary N) is 2. The van der Waals surface area contributed by atoms with Gasteiger partial charge in [-0.2, -0.15) is 0 Å². The minimum absolute atomic E-state index is 0.254. The molecule has 0 radical (unpaired) electrons. The maximum Gasteiger partial charge on any atom is 0.149 e. The largest absolute Gasteiger partial charge is 0.396 e. The molecule has 0 atom stereocenters. The standard InChI is InChI=1S/C12H13FN4/c1-7-8(13)3-2-4-10(7)16-11-6-5-9(14)12(15)17-11/h2-6H,14H2,1H3,(H3,15,16,17). The smallest absolute Gasteiger partial charge is 0.149 e. The van der Waals surface area contributed by atoms with Crippen LogP contribution in [-0.4, -0.2) is 4.98 Å². The summed E-state index contributed by atoms with van der Waals surface area (Å²) in [6.45, 7) is 1.69. The van der Waals surface area contributed by atoms with E-state index < -0.39 is 0 Å². The second-order valence-corrected chi connectivity index (χ2v) is 3.71. The van der Waals surface area contributed by atoms with Gasteiger partial charge in [-0.3, -0.25) is 0 Å². The summed E-state index contributed by atoms with van der Waals surface area (Å²) in [5.41, 5.74) is 12.8. The molecule has 0 fully saturated rings. The van der Waals surface area contributed by atoms with Crippen LogP contribution in [0.25, 0.3) is 0 Å². The first-order valence-electron chi connectivity index (χ1n) is 5.12. The summed E-state index contributed by atoms with van der Waals surface area (Å²) in [5, 5.41) is 2.99. The van der Waals surface area contributed by atoms with Crippen molar-refractivity contribution in [1.29, 1.82) is 0 Å². The molecule has 0 amide bonds. The average molecular weight is 232 g/mol. The van der Waals surface area contributed by atoms with Gasteiger partial charge in [-0.05, 0) is 31.2 Å². The monoisotopic (exact) mass is 232 g/mol. The molecule has 0 aliphatic heterocycles. The van der Waals surface area contributed by atoms with E-state index in [1.54, 1.807) is 31.2 Å². The highest BCUT2D eigenvalue weighted by Crippen LogP contribution is 2.23. The Balaban J connectivity index is 2.31. The second kappa shape index (κ2) is 4.29. The van der Waals surface area contributed by atoms with Gasteiger partial charge >= 0.3 is 0 Å². The van der Waals surface area contributed by atoms with Crippen LogP contribution in [0.4, 0.5) is 27.4 Å². The first kappa shape index (κ1) is 11.2. The number of anilines is 4. The molecule has 5 heteroatoms. The van der Waals surface area contributed by atoms with Crippen LogP contribution < -0.4 is 16.8 Å². The molecule has 1 aromatic carbocycles. The number of aromatic nitrogens is 1. The molecule has 0 saturated heterocycles. The molecule has 0 saturated carbocycles. The van der Waals surface area contributed by atoms with Crippen molar-refractivity contribution in [3.05, 3.63) is 41.7 Å². The van der Waals surface area contributed by atoms with E-state index in [4.69, 9.17) is 11.5 Å².